The van der Waals surface area contributed by atoms with Gasteiger partial charge in [0.15, 0.2) is 0 Å². The molecule has 0 bridgehead atoms. The minimum absolute atomic E-state index is 0.0546. The Morgan fingerprint density at radius 3 is 2.66 bits per heavy atom. The van der Waals surface area contributed by atoms with Gasteiger partial charge in [0.05, 0.1) is 6.61 Å². The molecule has 4 amide bonds. The molecule has 0 spiro atoms. The Morgan fingerprint density at radius 2 is 1.94 bits per heavy atom. The lowest BCUT2D eigenvalue weighted by molar-refractivity contribution is -0.145. The molecule has 2 N–H and O–H groups in total. The number of amides is 4. The quantitative estimate of drug-likeness (QED) is 0.527. The molecule has 2 heterocycles. The first kappa shape index (κ1) is 25.0. The fourth-order valence-corrected chi connectivity index (χ4v) is 4.89. The number of carbonyl (C=O) groups excluding carboxylic acids is 3. The average Bonchev–Trinajstić information content (AvgIpc) is 2.85. The highest BCUT2D eigenvalue weighted by atomic mass is 79.9. The van der Waals surface area contributed by atoms with Crippen LogP contribution in [0.1, 0.15) is 36.5 Å². The number of anilines is 1. The number of halogens is 1. The van der Waals surface area contributed by atoms with E-state index in [4.69, 9.17) is 4.74 Å². The SMILES string of the molecule is CCOC(=O)C(Cc1ccc(Br)c(C)c1)NC(=O)N1CCC(N2Cc3ccccc3NC2=O)CC1. The van der Waals surface area contributed by atoms with E-state index in [1.165, 1.54) is 0 Å². The fraction of sp³-hybridized carbons (Fsp3) is 0.423. The predicted molar refractivity (Wildman–Crippen MR) is 137 cm³/mol. The second kappa shape index (κ2) is 11.1. The van der Waals surface area contributed by atoms with Crippen molar-refractivity contribution in [2.45, 2.75) is 51.7 Å². The molecule has 1 unspecified atom stereocenters. The number of fused-ring (bicyclic) bond motifs is 1. The molecular formula is C26H31BrN4O4. The minimum atomic E-state index is -0.773. The van der Waals surface area contributed by atoms with E-state index in [-0.39, 0.29) is 24.7 Å². The molecule has 186 valence electrons. The molecule has 35 heavy (non-hydrogen) atoms. The van der Waals surface area contributed by atoms with Crippen LogP contribution in [0.5, 0.6) is 0 Å². The summed E-state index contributed by atoms with van der Waals surface area (Å²) in [5.41, 5.74) is 3.95. The molecule has 9 heteroatoms. The minimum Gasteiger partial charge on any atom is -0.464 e. The summed E-state index contributed by atoms with van der Waals surface area (Å²) >= 11 is 3.49. The Balaban J connectivity index is 1.36. The van der Waals surface area contributed by atoms with Crippen molar-refractivity contribution in [1.29, 1.82) is 0 Å². The van der Waals surface area contributed by atoms with Gasteiger partial charge in [-0.1, -0.05) is 46.3 Å². The van der Waals surface area contributed by atoms with Crippen molar-refractivity contribution < 1.29 is 19.1 Å². The van der Waals surface area contributed by atoms with Crippen molar-refractivity contribution in [1.82, 2.24) is 15.1 Å². The number of esters is 1. The van der Waals surface area contributed by atoms with Gasteiger partial charge in [0.25, 0.3) is 0 Å². The van der Waals surface area contributed by atoms with Crippen LogP contribution >= 0.6 is 15.9 Å². The lowest BCUT2D eigenvalue weighted by Crippen LogP contribution is -2.55. The normalized spacial score (nSPS) is 16.8. The van der Waals surface area contributed by atoms with Gasteiger partial charge in [0, 0.05) is 42.3 Å². The Hall–Kier alpha value is -3.07. The highest BCUT2D eigenvalue weighted by Crippen LogP contribution is 2.27. The average molecular weight is 543 g/mol. The Labute approximate surface area is 214 Å². The van der Waals surface area contributed by atoms with Crippen molar-refractivity contribution in [2.75, 3.05) is 25.0 Å². The van der Waals surface area contributed by atoms with Crippen LogP contribution in [0.2, 0.25) is 0 Å². The Morgan fingerprint density at radius 1 is 1.20 bits per heavy atom. The van der Waals surface area contributed by atoms with E-state index in [1.54, 1.807) is 11.8 Å². The van der Waals surface area contributed by atoms with Gasteiger partial charge in [0.2, 0.25) is 0 Å². The van der Waals surface area contributed by atoms with E-state index < -0.39 is 12.0 Å². The van der Waals surface area contributed by atoms with E-state index >= 15 is 0 Å². The number of aryl methyl sites for hydroxylation is 1. The van der Waals surface area contributed by atoms with Crippen LogP contribution in [0.3, 0.4) is 0 Å². The molecule has 1 saturated heterocycles. The first-order chi connectivity index (χ1) is 16.9. The fourth-order valence-electron chi connectivity index (χ4n) is 4.64. The summed E-state index contributed by atoms with van der Waals surface area (Å²) in [6, 6.07) is 12.6. The molecular weight excluding hydrogens is 512 g/mol. The summed E-state index contributed by atoms with van der Waals surface area (Å²) in [6.07, 6.45) is 1.71. The molecule has 8 nitrogen and oxygen atoms in total. The van der Waals surface area contributed by atoms with Crippen LogP contribution in [0.15, 0.2) is 46.9 Å². The third kappa shape index (κ3) is 5.96. The number of urea groups is 2. The molecule has 1 atom stereocenters. The molecule has 2 aliphatic rings. The van der Waals surface area contributed by atoms with Gasteiger partial charge in [-0.15, -0.1) is 0 Å². The highest BCUT2D eigenvalue weighted by molar-refractivity contribution is 9.10. The lowest BCUT2D eigenvalue weighted by Gasteiger charge is -2.40. The van der Waals surface area contributed by atoms with Crippen molar-refractivity contribution in [3.8, 4) is 0 Å². The topological polar surface area (TPSA) is 91.0 Å². The van der Waals surface area contributed by atoms with Gasteiger partial charge in [-0.25, -0.2) is 14.4 Å². The molecule has 1 fully saturated rings. The number of rotatable bonds is 6. The number of ether oxygens (including phenoxy) is 1. The number of nitrogens with zero attached hydrogens (tertiary/aromatic N) is 2. The second-order valence-corrected chi connectivity index (χ2v) is 9.83. The summed E-state index contributed by atoms with van der Waals surface area (Å²) in [7, 11) is 0. The van der Waals surface area contributed by atoms with E-state index in [1.807, 2.05) is 54.3 Å². The number of nitrogens with one attached hydrogen (secondary N) is 2. The molecule has 2 aromatic rings. The first-order valence-electron chi connectivity index (χ1n) is 12.0. The van der Waals surface area contributed by atoms with Crippen LogP contribution in [0.25, 0.3) is 0 Å². The van der Waals surface area contributed by atoms with Crippen molar-refractivity contribution in [3.05, 3.63) is 63.6 Å². The Kier molecular flexibility index (Phi) is 7.95. The maximum absolute atomic E-state index is 13.0. The number of hydrogen-bond donors (Lipinski definition) is 2. The molecule has 0 aromatic heterocycles. The number of benzene rings is 2. The van der Waals surface area contributed by atoms with Crippen LogP contribution in [-0.4, -0.2) is 59.6 Å². The van der Waals surface area contributed by atoms with Crippen LogP contribution in [0, 0.1) is 6.92 Å². The maximum atomic E-state index is 13.0. The zero-order valence-electron chi connectivity index (χ0n) is 20.1. The monoisotopic (exact) mass is 542 g/mol. The van der Waals surface area contributed by atoms with Gasteiger partial charge in [-0.3, -0.25) is 0 Å². The zero-order chi connectivity index (χ0) is 24.9. The largest absolute Gasteiger partial charge is 0.464 e. The number of likely N-dealkylation sites (tertiary alicyclic amines) is 1. The van der Waals surface area contributed by atoms with E-state index in [0.29, 0.717) is 38.9 Å². The van der Waals surface area contributed by atoms with E-state index in [0.717, 1.165) is 26.9 Å². The number of hydrogen-bond acceptors (Lipinski definition) is 4. The van der Waals surface area contributed by atoms with Crippen LogP contribution in [0.4, 0.5) is 15.3 Å². The maximum Gasteiger partial charge on any atom is 0.329 e. The van der Waals surface area contributed by atoms with Gasteiger partial charge >= 0.3 is 18.0 Å². The lowest BCUT2D eigenvalue weighted by atomic mass is 10.0. The van der Waals surface area contributed by atoms with Crippen molar-refractivity contribution in [2.24, 2.45) is 0 Å². The van der Waals surface area contributed by atoms with Crippen molar-refractivity contribution >= 4 is 39.6 Å². The second-order valence-electron chi connectivity index (χ2n) is 8.98. The number of para-hydroxylation sites is 1. The van der Waals surface area contributed by atoms with Gasteiger partial charge in [0.1, 0.15) is 6.04 Å². The third-order valence-corrected chi connectivity index (χ3v) is 7.47. The summed E-state index contributed by atoms with van der Waals surface area (Å²) in [6.45, 7) is 5.56. The van der Waals surface area contributed by atoms with Crippen molar-refractivity contribution in [3.63, 3.8) is 0 Å². The summed E-state index contributed by atoms with van der Waals surface area (Å²) in [5.74, 6) is -0.444. The van der Waals surface area contributed by atoms with Gasteiger partial charge in [-0.2, -0.15) is 0 Å². The zero-order valence-corrected chi connectivity index (χ0v) is 21.6. The first-order valence-corrected chi connectivity index (χ1v) is 12.8. The van der Waals surface area contributed by atoms with Crippen LogP contribution < -0.4 is 10.6 Å². The molecule has 0 radical (unpaired) electrons. The molecule has 0 aliphatic carbocycles. The van der Waals surface area contributed by atoms with Gasteiger partial charge in [-0.05, 0) is 55.5 Å². The van der Waals surface area contributed by atoms with E-state index in [9.17, 15) is 14.4 Å². The Bertz CT molecular complexity index is 1100. The summed E-state index contributed by atoms with van der Waals surface area (Å²) < 4.78 is 6.22. The van der Waals surface area contributed by atoms with E-state index in [2.05, 4.69) is 26.6 Å². The molecule has 4 rings (SSSR count). The predicted octanol–water partition coefficient (Wildman–Crippen LogP) is 4.45. The number of piperidine rings is 1. The molecule has 2 aliphatic heterocycles. The van der Waals surface area contributed by atoms with Gasteiger partial charge < -0.3 is 25.2 Å². The molecule has 0 saturated carbocycles. The summed E-state index contributed by atoms with van der Waals surface area (Å²) in [4.78, 5) is 41.9. The smallest absolute Gasteiger partial charge is 0.329 e. The summed E-state index contributed by atoms with van der Waals surface area (Å²) in [5, 5.41) is 5.84. The third-order valence-electron chi connectivity index (χ3n) is 6.58. The standard InChI is InChI=1S/C26H31BrN4O4/c1-3-35-24(32)23(15-18-8-9-21(27)17(2)14-18)29-25(33)30-12-10-20(11-13-30)31-16-19-6-4-5-7-22(19)28-26(31)34/h4-9,14,20,23H,3,10-13,15-16H2,1-2H3,(H,28,34)(H,29,33). The number of carbonyl (C=O) groups is 3. The highest BCUT2D eigenvalue weighted by Gasteiger charge is 2.33. The molecule has 2 aromatic carbocycles. The van der Waals surface area contributed by atoms with Crippen LogP contribution in [-0.2, 0) is 22.5 Å².